The largest absolute Gasteiger partial charge is 0.398 e. The molecule has 0 saturated carbocycles. The van der Waals surface area contributed by atoms with Crippen molar-refractivity contribution in [1.29, 1.82) is 0 Å². The first-order chi connectivity index (χ1) is 9.45. The fraction of sp³-hybridized carbons (Fsp3) is 0.0769. The minimum absolute atomic E-state index is 0.260. The van der Waals surface area contributed by atoms with E-state index in [0.717, 1.165) is 11.0 Å². The van der Waals surface area contributed by atoms with Gasteiger partial charge in [0.2, 0.25) is 0 Å². The summed E-state index contributed by atoms with van der Waals surface area (Å²) >= 11 is 7.16. The maximum atomic E-state index is 13.3. The molecule has 0 fully saturated rings. The van der Waals surface area contributed by atoms with Crippen LogP contribution in [0.3, 0.4) is 0 Å². The molecule has 0 bridgehead atoms. The van der Waals surface area contributed by atoms with Crippen molar-refractivity contribution in [2.24, 2.45) is 0 Å². The number of non-ortho nitro benzene ring substituents is 1. The lowest BCUT2D eigenvalue weighted by Crippen LogP contribution is -1.93. The van der Waals surface area contributed by atoms with Crippen molar-refractivity contribution in [2.75, 3.05) is 5.73 Å². The monoisotopic (exact) mass is 312 g/mol. The van der Waals surface area contributed by atoms with E-state index >= 15 is 0 Å². The topological polar surface area (TPSA) is 69.2 Å². The van der Waals surface area contributed by atoms with Crippen LogP contribution in [0.2, 0.25) is 5.02 Å². The van der Waals surface area contributed by atoms with Gasteiger partial charge in [0.15, 0.2) is 0 Å². The van der Waals surface area contributed by atoms with Crippen LogP contribution in [0.15, 0.2) is 41.3 Å². The van der Waals surface area contributed by atoms with Gasteiger partial charge in [-0.05, 0) is 29.8 Å². The fourth-order valence-electron chi connectivity index (χ4n) is 1.63. The number of halogens is 2. The van der Waals surface area contributed by atoms with Crippen LogP contribution in [-0.4, -0.2) is 4.92 Å². The van der Waals surface area contributed by atoms with Gasteiger partial charge in [0.25, 0.3) is 5.69 Å². The Labute approximate surface area is 123 Å². The fourth-order valence-corrected chi connectivity index (χ4v) is 2.69. The third kappa shape index (κ3) is 3.61. The standard InChI is InChI=1S/C13H10ClFN2O2S/c14-9-1-2-13(12(16)5-9)20-7-8-3-10(15)6-11(4-8)17(18)19/h1-6H,7,16H2. The van der Waals surface area contributed by atoms with E-state index in [1.807, 2.05) is 0 Å². The summed E-state index contributed by atoms with van der Waals surface area (Å²) in [5.74, 6) is -0.247. The van der Waals surface area contributed by atoms with E-state index in [1.54, 1.807) is 18.2 Å². The predicted octanol–water partition coefficient (Wildman–Crippen LogP) is 4.26. The molecule has 0 aliphatic heterocycles. The maximum absolute atomic E-state index is 13.3. The van der Waals surface area contributed by atoms with Gasteiger partial charge in [0.1, 0.15) is 5.82 Å². The maximum Gasteiger partial charge on any atom is 0.272 e. The van der Waals surface area contributed by atoms with Crippen LogP contribution in [0.4, 0.5) is 15.8 Å². The number of hydrogen-bond acceptors (Lipinski definition) is 4. The molecule has 2 aromatic carbocycles. The second-order valence-corrected chi connectivity index (χ2v) is 5.50. The third-order valence-electron chi connectivity index (χ3n) is 2.52. The molecule has 2 aromatic rings. The summed E-state index contributed by atoms with van der Waals surface area (Å²) in [6.07, 6.45) is 0. The van der Waals surface area contributed by atoms with Crippen LogP contribution in [-0.2, 0) is 5.75 Å². The van der Waals surface area contributed by atoms with Gasteiger partial charge in [-0.25, -0.2) is 4.39 Å². The number of thioether (sulfide) groups is 1. The SMILES string of the molecule is Nc1cc(Cl)ccc1SCc1cc(F)cc([N+](=O)[O-])c1. The molecule has 4 nitrogen and oxygen atoms in total. The number of hydrogen-bond donors (Lipinski definition) is 1. The van der Waals surface area contributed by atoms with E-state index in [9.17, 15) is 14.5 Å². The highest BCUT2D eigenvalue weighted by atomic mass is 35.5. The molecule has 0 spiro atoms. The van der Waals surface area contributed by atoms with E-state index in [1.165, 1.54) is 23.9 Å². The van der Waals surface area contributed by atoms with Gasteiger partial charge in [0, 0.05) is 27.4 Å². The molecule has 0 radical (unpaired) electrons. The van der Waals surface area contributed by atoms with Gasteiger partial charge >= 0.3 is 0 Å². The van der Waals surface area contributed by atoms with Gasteiger partial charge in [0.05, 0.1) is 11.0 Å². The average Bonchev–Trinajstić information content (AvgIpc) is 2.37. The van der Waals surface area contributed by atoms with Crippen molar-refractivity contribution < 1.29 is 9.31 Å². The summed E-state index contributed by atoms with van der Waals surface area (Å²) in [6, 6.07) is 8.60. The lowest BCUT2D eigenvalue weighted by molar-refractivity contribution is -0.385. The zero-order valence-electron chi connectivity index (χ0n) is 10.2. The molecule has 2 N–H and O–H groups in total. The number of anilines is 1. The summed E-state index contributed by atoms with van der Waals surface area (Å²) in [5.41, 5.74) is 6.59. The summed E-state index contributed by atoms with van der Waals surface area (Å²) in [6.45, 7) is 0. The van der Waals surface area contributed by atoms with Crippen molar-refractivity contribution in [3.05, 3.63) is 62.9 Å². The first kappa shape index (κ1) is 14.6. The van der Waals surface area contributed by atoms with Gasteiger partial charge in [-0.15, -0.1) is 11.8 Å². The van der Waals surface area contributed by atoms with E-state index in [0.29, 0.717) is 22.0 Å². The Morgan fingerprint density at radius 2 is 2.05 bits per heavy atom. The Hall–Kier alpha value is -1.79. The van der Waals surface area contributed by atoms with Gasteiger partial charge in [-0.1, -0.05) is 11.6 Å². The third-order valence-corrected chi connectivity index (χ3v) is 3.91. The van der Waals surface area contributed by atoms with Gasteiger partial charge in [-0.3, -0.25) is 10.1 Å². The average molecular weight is 313 g/mol. The normalized spacial score (nSPS) is 10.5. The molecule has 20 heavy (non-hydrogen) atoms. The molecule has 2 rings (SSSR count). The first-order valence-electron chi connectivity index (χ1n) is 5.57. The van der Waals surface area contributed by atoms with Crippen LogP contribution >= 0.6 is 23.4 Å². The molecule has 0 aliphatic carbocycles. The van der Waals surface area contributed by atoms with E-state index < -0.39 is 10.7 Å². The van der Waals surface area contributed by atoms with Gasteiger partial charge in [-0.2, -0.15) is 0 Å². The van der Waals surface area contributed by atoms with Gasteiger partial charge < -0.3 is 5.73 Å². The minimum atomic E-state index is -0.626. The highest BCUT2D eigenvalue weighted by molar-refractivity contribution is 7.98. The number of rotatable bonds is 4. The van der Waals surface area contributed by atoms with Crippen molar-refractivity contribution in [3.63, 3.8) is 0 Å². The molecular formula is C13H10ClFN2O2S. The highest BCUT2D eigenvalue weighted by Crippen LogP contribution is 2.31. The van der Waals surface area contributed by atoms with Crippen molar-refractivity contribution in [2.45, 2.75) is 10.6 Å². The molecule has 0 amide bonds. The number of nitrogen functional groups attached to an aromatic ring is 1. The van der Waals surface area contributed by atoms with Crippen molar-refractivity contribution in [1.82, 2.24) is 0 Å². The molecule has 0 unspecified atom stereocenters. The van der Waals surface area contributed by atoms with Crippen molar-refractivity contribution in [3.8, 4) is 0 Å². The Kier molecular flexibility index (Phi) is 4.46. The van der Waals surface area contributed by atoms with Crippen LogP contribution in [0.1, 0.15) is 5.56 Å². The van der Waals surface area contributed by atoms with Crippen LogP contribution in [0.5, 0.6) is 0 Å². The summed E-state index contributed by atoms with van der Waals surface area (Å²) < 4.78 is 13.3. The van der Waals surface area contributed by atoms with Crippen molar-refractivity contribution >= 4 is 34.7 Å². The van der Waals surface area contributed by atoms with E-state index in [2.05, 4.69) is 0 Å². The smallest absolute Gasteiger partial charge is 0.272 e. The number of nitro groups is 1. The minimum Gasteiger partial charge on any atom is -0.398 e. The summed E-state index contributed by atoms with van der Waals surface area (Å²) in [5, 5.41) is 11.2. The van der Waals surface area contributed by atoms with Crippen LogP contribution < -0.4 is 5.73 Å². The molecule has 7 heteroatoms. The Morgan fingerprint density at radius 3 is 2.70 bits per heavy atom. The molecule has 0 heterocycles. The number of nitro benzene ring substituents is 1. The Balaban J connectivity index is 2.16. The number of nitrogens with zero attached hydrogens (tertiary/aromatic N) is 1. The van der Waals surface area contributed by atoms with Crippen LogP contribution in [0, 0.1) is 15.9 Å². The molecule has 0 aromatic heterocycles. The summed E-state index contributed by atoms with van der Waals surface area (Å²) in [7, 11) is 0. The molecule has 104 valence electrons. The second-order valence-electron chi connectivity index (χ2n) is 4.05. The molecule has 0 aliphatic rings. The Morgan fingerprint density at radius 1 is 1.30 bits per heavy atom. The lowest BCUT2D eigenvalue weighted by atomic mass is 10.2. The molecule has 0 atom stereocenters. The predicted molar refractivity (Wildman–Crippen MR) is 78.5 cm³/mol. The quantitative estimate of drug-likeness (QED) is 0.396. The Bertz CT molecular complexity index is 667. The zero-order valence-corrected chi connectivity index (χ0v) is 11.7. The van der Waals surface area contributed by atoms with Crippen LogP contribution in [0.25, 0.3) is 0 Å². The second kappa shape index (κ2) is 6.11. The zero-order chi connectivity index (χ0) is 14.7. The number of benzene rings is 2. The molecular weight excluding hydrogens is 303 g/mol. The summed E-state index contributed by atoms with van der Waals surface area (Å²) in [4.78, 5) is 10.8. The molecule has 0 saturated heterocycles. The highest BCUT2D eigenvalue weighted by Gasteiger charge is 2.10. The van der Waals surface area contributed by atoms with E-state index in [4.69, 9.17) is 17.3 Å². The van der Waals surface area contributed by atoms with E-state index in [-0.39, 0.29) is 5.69 Å². The lowest BCUT2D eigenvalue weighted by Gasteiger charge is -2.06. The number of nitrogens with two attached hydrogens (primary N) is 1. The first-order valence-corrected chi connectivity index (χ1v) is 6.94.